The molecule has 1 aromatic heterocycles. The molecular weight excluding hydrogens is 371 g/mol. The Morgan fingerprint density at radius 2 is 1.92 bits per heavy atom. The van der Waals surface area contributed by atoms with E-state index in [1.54, 1.807) is 0 Å². The number of aromatic nitrogens is 2. The second-order valence-corrected chi connectivity index (χ2v) is 6.08. The zero-order chi connectivity index (χ0) is 19.5. The van der Waals surface area contributed by atoms with Gasteiger partial charge in [0.05, 0.1) is 12.8 Å². The first kappa shape index (κ1) is 20.1. The molecule has 0 unspecified atom stereocenters. The van der Waals surface area contributed by atoms with Gasteiger partial charge in [-0.3, -0.25) is 0 Å². The van der Waals surface area contributed by atoms with Crippen LogP contribution in [0.25, 0.3) is 11.3 Å². The maximum absolute atomic E-state index is 12.4. The number of anilines is 1. The Labute approximate surface area is 154 Å². The van der Waals surface area contributed by atoms with Crippen LogP contribution < -0.4 is 14.8 Å². The summed E-state index contributed by atoms with van der Waals surface area (Å²) in [6, 6.07) is 3.86. The summed E-state index contributed by atoms with van der Waals surface area (Å²) in [4.78, 5) is 8.87. The summed E-state index contributed by atoms with van der Waals surface area (Å²) in [6.07, 6.45) is -4.19. The third-order valence-electron chi connectivity index (χ3n) is 3.35. The summed E-state index contributed by atoms with van der Waals surface area (Å²) in [6.45, 7) is 5.85. The van der Waals surface area contributed by atoms with E-state index >= 15 is 0 Å². The van der Waals surface area contributed by atoms with Crippen LogP contribution in [0.5, 0.6) is 11.5 Å². The number of hydrogen-bond acceptors (Lipinski definition) is 5. The number of methoxy groups -OCH3 is 1. The van der Waals surface area contributed by atoms with Crippen LogP contribution in [0.4, 0.5) is 19.0 Å². The number of alkyl halides is 3. The van der Waals surface area contributed by atoms with Crippen LogP contribution in [-0.4, -0.2) is 29.5 Å². The van der Waals surface area contributed by atoms with Crippen molar-refractivity contribution in [1.82, 2.24) is 9.97 Å². The average molecular weight is 390 g/mol. The molecule has 0 amide bonds. The number of nitrogens with one attached hydrogen (secondary N) is 1. The SMILES string of the molecule is CCc1nc(-c2ccc(OC(F)(F)F)cc2OC)c(Cl)nc1NC(C)C. The molecule has 1 aromatic carbocycles. The first-order valence-corrected chi connectivity index (χ1v) is 8.29. The third kappa shape index (κ3) is 4.91. The second-order valence-electron chi connectivity index (χ2n) is 5.72. The van der Waals surface area contributed by atoms with Gasteiger partial charge in [-0.15, -0.1) is 13.2 Å². The minimum absolute atomic E-state index is 0.119. The topological polar surface area (TPSA) is 56.3 Å². The Hall–Kier alpha value is -2.22. The fourth-order valence-corrected chi connectivity index (χ4v) is 2.55. The molecule has 0 saturated carbocycles. The fraction of sp³-hybridized carbons (Fsp3) is 0.412. The van der Waals surface area contributed by atoms with Gasteiger partial charge >= 0.3 is 6.36 Å². The van der Waals surface area contributed by atoms with Crippen molar-refractivity contribution in [3.05, 3.63) is 29.0 Å². The lowest BCUT2D eigenvalue weighted by atomic mass is 10.1. The van der Waals surface area contributed by atoms with Crippen LogP contribution in [-0.2, 0) is 6.42 Å². The van der Waals surface area contributed by atoms with E-state index in [1.165, 1.54) is 19.2 Å². The van der Waals surface area contributed by atoms with Crippen molar-refractivity contribution in [2.75, 3.05) is 12.4 Å². The van der Waals surface area contributed by atoms with Gasteiger partial charge in [-0.2, -0.15) is 0 Å². The zero-order valence-electron chi connectivity index (χ0n) is 14.7. The molecule has 26 heavy (non-hydrogen) atoms. The summed E-state index contributed by atoms with van der Waals surface area (Å²) in [5.41, 5.74) is 1.44. The highest BCUT2D eigenvalue weighted by molar-refractivity contribution is 6.32. The minimum Gasteiger partial charge on any atom is -0.496 e. The first-order valence-electron chi connectivity index (χ1n) is 7.91. The van der Waals surface area contributed by atoms with E-state index < -0.39 is 12.1 Å². The van der Waals surface area contributed by atoms with Crippen molar-refractivity contribution in [3.63, 3.8) is 0 Å². The van der Waals surface area contributed by atoms with Crippen molar-refractivity contribution in [2.24, 2.45) is 0 Å². The number of aryl methyl sites for hydroxylation is 1. The molecule has 0 spiro atoms. The largest absolute Gasteiger partial charge is 0.573 e. The van der Waals surface area contributed by atoms with E-state index in [-0.39, 0.29) is 16.9 Å². The first-order chi connectivity index (χ1) is 12.1. The van der Waals surface area contributed by atoms with Crippen molar-refractivity contribution in [2.45, 2.75) is 39.6 Å². The van der Waals surface area contributed by atoms with Crippen LogP contribution in [0.3, 0.4) is 0 Å². The Balaban J connectivity index is 2.50. The predicted octanol–water partition coefficient (Wildman–Crippen LogP) is 5.09. The van der Waals surface area contributed by atoms with Gasteiger partial charge in [0.15, 0.2) is 5.15 Å². The standard InChI is InChI=1S/C17H19ClF3N3O2/c1-5-12-16(22-9(2)3)24-15(18)14(23-12)11-7-6-10(8-13(11)25-4)26-17(19,20)21/h6-9H,5H2,1-4H3,(H,22,24). The van der Waals surface area contributed by atoms with E-state index in [1.807, 2.05) is 20.8 Å². The Bertz CT molecular complexity index is 783. The van der Waals surface area contributed by atoms with E-state index in [0.29, 0.717) is 29.2 Å². The van der Waals surface area contributed by atoms with Crippen molar-refractivity contribution < 1.29 is 22.6 Å². The monoisotopic (exact) mass is 389 g/mol. The molecule has 2 aromatic rings. The molecule has 0 aliphatic rings. The number of halogens is 4. The molecule has 0 atom stereocenters. The van der Waals surface area contributed by atoms with Gasteiger partial charge in [-0.25, -0.2) is 9.97 Å². The smallest absolute Gasteiger partial charge is 0.496 e. The minimum atomic E-state index is -4.79. The lowest BCUT2D eigenvalue weighted by molar-refractivity contribution is -0.274. The van der Waals surface area contributed by atoms with Gasteiger partial charge < -0.3 is 14.8 Å². The number of benzene rings is 1. The van der Waals surface area contributed by atoms with Crippen LogP contribution in [0, 0.1) is 0 Å². The van der Waals surface area contributed by atoms with Crippen LogP contribution in [0.1, 0.15) is 26.5 Å². The van der Waals surface area contributed by atoms with Gasteiger partial charge in [0.2, 0.25) is 0 Å². The molecule has 0 radical (unpaired) electrons. The lowest BCUT2D eigenvalue weighted by Crippen LogP contribution is -2.17. The van der Waals surface area contributed by atoms with E-state index in [4.69, 9.17) is 16.3 Å². The Kier molecular flexibility index (Phi) is 6.17. The number of nitrogens with zero attached hydrogens (tertiary/aromatic N) is 2. The van der Waals surface area contributed by atoms with E-state index in [0.717, 1.165) is 6.07 Å². The van der Waals surface area contributed by atoms with Gasteiger partial charge in [0, 0.05) is 17.7 Å². The van der Waals surface area contributed by atoms with Crippen LogP contribution >= 0.6 is 11.6 Å². The summed E-state index contributed by atoms with van der Waals surface area (Å²) in [5, 5.41) is 3.29. The molecule has 1 heterocycles. The highest BCUT2D eigenvalue weighted by Crippen LogP contribution is 2.37. The molecule has 0 bridgehead atoms. The summed E-state index contributed by atoms with van der Waals surface area (Å²) < 4.78 is 46.3. The van der Waals surface area contributed by atoms with Gasteiger partial charge in [0.25, 0.3) is 0 Å². The maximum Gasteiger partial charge on any atom is 0.573 e. The number of rotatable bonds is 6. The summed E-state index contributed by atoms with van der Waals surface area (Å²) >= 11 is 6.27. The predicted molar refractivity (Wildman–Crippen MR) is 93.8 cm³/mol. The molecule has 142 valence electrons. The fourth-order valence-electron chi connectivity index (χ4n) is 2.32. The molecular formula is C17H19ClF3N3O2. The molecule has 2 rings (SSSR count). The normalized spacial score (nSPS) is 11.6. The zero-order valence-corrected chi connectivity index (χ0v) is 15.5. The number of hydrogen-bond donors (Lipinski definition) is 1. The molecule has 0 aliphatic carbocycles. The highest BCUT2D eigenvalue weighted by Gasteiger charge is 2.31. The van der Waals surface area contributed by atoms with Crippen molar-refractivity contribution in [1.29, 1.82) is 0 Å². The van der Waals surface area contributed by atoms with Crippen molar-refractivity contribution >= 4 is 17.4 Å². The van der Waals surface area contributed by atoms with Crippen LogP contribution in [0.2, 0.25) is 5.15 Å². The molecule has 0 saturated heterocycles. The maximum atomic E-state index is 12.4. The number of ether oxygens (including phenoxy) is 2. The van der Waals surface area contributed by atoms with Crippen LogP contribution in [0.15, 0.2) is 18.2 Å². The molecule has 5 nitrogen and oxygen atoms in total. The third-order valence-corrected chi connectivity index (χ3v) is 3.61. The van der Waals surface area contributed by atoms with Gasteiger partial charge in [-0.1, -0.05) is 18.5 Å². The molecule has 0 aliphatic heterocycles. The second kappa shape index (κ2) is 7.99. The van der Waals surface area contributed by atoms with E-state index in [9.17, 15) is 13.2 Å². The summed E-state index contributed by atoms with van der Waals surface area (Å²) in [7, 11) is 1.34. The van der Waals surface area contributed by atoms with Crippen molar-refractivity contribution in [3.8, 4) is 22.8 Å². The van der Waals surface area contributed by atoms with Gasteiger partial charge in [0.1, 0.15) is 23.0 Å². The summed E-state index contributed by atoms with van der Waals surface area (Å²) in [5.74, 6) is 0.331. The molecule has 1 N–H and O–H groups in total. The Morgan fingerprint density at radius 3 is 2.46 bits per heavy atom. The van der Waals surface area contributed by atoms with E-state index in [2.05, 4.69) is 20.0 Å². The lowest BCUT2D eigenvalue weighted by Gasteiger charge is -2.16. The highest BCUT2D eigenvalue weighted by atomic mass is 35.5. The quantitative estimate of drug-likeness (QED) is 0.746. The molecule has 9 heteroatoms. The molecule has 0 fully saturated rings. The Morgan fingerprint density at radius 1 is 1.23 bits per heavy atom. The average Bonchev–Trinajstić information content (AvgIpc) is 2.53. The van der Waals surface area contributed by atoms with Gasteiger partial charge in [-0.05, 0) is 32.4 Å².